The van der Waals surface area contributed by atoms with Crippen molar-refractivity contribution >= 4 is 21.8 Å². The first kappa shape index (κ1) is 21.6. The van der Waals surface area contributed by atoms with E-state index in [1.165, 1.54) is 44.4 Å². The fourth-order valence-electron chi connectivity index (χ4n) is 2.14. The second kappa shape index (κ2) is 8.11. The van der Waals surface area contributed by atoms with E-state index in [-0.39, 0.29) is 16.0 Å². The predicted octanol–water partition coefficient (Wildman–Crippen LogP) is 3.00. The number of carbonyl (C=O) groups excluding carboxylic acids is 2. The molecule has 0 saturated heterocycles. The lowest BCUT2D eigenvalue weighted by atomic mass is 10.1. The van der Waals surface area contributed by atoms with Crippen LogP contribution in [-0.2, 0) is 20.9 Å². The summed E-state index contributed by atoms with van der Waals surface area (Å²) in [4.78, 5) is 23.9. The lowest BCUT2D eigenvalue weighted by Gasteiger charge is -2.11. The number of hydrogen-bond acceptors (Lipinski definition) is 5. The summed E-state index contributed by atoms with van der Waals surface area (Å²) in [6.07, 6.45) is -4.60. The van der Waals surface area contributed by atoms with Gasteiger partial charge >= 0.3 is 12.1 Å². The van der Waals surface area contributed by atoms with Crippen LogP contribution in [0.25, 0.3) is 0 Å². The summed E-state index contributed by atoms with van der Waals surface area (Å²) in [7, 11) is -0.946. The van der Waals surface area contributed by atoms with Gasteiger partial charge in [0.2, 0.25) is 10.0 Å². The van der Waals surface area contributed by atoms with E-state index in [9.17, 15) is 31.2 Å². The Morgan fingerprint density at radius 2 is 1.61 bits per heavy atom. The number of alkyl halides is 3. The fourth-order valence-corrected chi connectivity index (χ4v) is 3.04. The molecular weight excluding hydrogens is 399 g/mol. The Hall–Kier alpha value is -2.72. The molecule has 0 aromatic heterocycles. The highest BCUT2D eigenvalue weighted by Gasteiger charge is 2.31. The second-order valence-corrected chi connectivity index (χ2v) is 8.04. The van der Waals surface area contributed by atoms with Gasteiger partial charge in [-0.15, -0.1) is 0 Å². The number of esters is 1. The van der Waals surface area contributed by atoms with E-state index in [4.69, 9.17) is 4.74 Å². The van der Waals surface area contributed by atoms with E-state index in [0.717, 1.165) is 16.4 Å². The minimum absolute atomic E-state index is 0.00505. The molecule has 0 fully saturated rings. The van der Waals surface area contributed by atoms with Gasteiger partial charge in [0.1, 0.15) is 0 Å². The monoisotopic (exact) mass is 415 g/mol. The van der Waals surface area contributed by atoms with Crippen molar-refractivity contribution in [1.29, 1.82) is 0 Å². The van der Waals surface area contributed by atoms with Gasteiger partial charge in [-0.1, -0.05) is 12.1 Å². The van der Waals surface area contributed by atoms with Crippen LogP contribution >= 0.6 is 0 Å². The van der Waals surface area contributed by atoms with Crippen molar-refractivity contribution in [2.45, 2.75) is 11.1 Å². The summed E-state index contributed by atoms with van der Waals surface area (Å²) in [5.74, 6) is -1.71. The third kappa shape index (κ3) is 4.96. The van der Waals surface area contributed by atoms with Gasteiger partial charge in [-0.3, -0.25) is 4.79 Å². The lowest BCUT2D eigenvalue weighted by molar-refractivity contribution is -0.137. The van der Waals surface area contributed by atoms with E-state index in [2.05, 4.69) is 0 Å². The Labute approximate surface area is 159 Å². The molecule has 0 saturated carbocycles. The fraction of sp³-hybridized carbons (Fsp3) is 0.222. The van der Waals surface area contributed by atoms with E-state index in [0.29, 0.717) is 6.07 Å². The summed E-state index contributed by atoms with van der Waals surface area (Å²) in [5, 5.41) is 0. The molecule has 6 nitrogen and oxygen atoms in total. The molecule has 150 valence electrons. The highest BCUT2D eigenvalue weighted by Crippen LogP contribution is 2.29. The molecule has 0 radical (unpaired) electrons. The molecule has 0 aliphatic carbocycles. The van der Waals surface area contributed by atoms with Crippen LogP contribution in [0.15, 0.2) is 53.4 Å². The summed E-state index contributed by atoms with van der Waals surface area (Å²) in [6.45, 7) is -0.752. The topological polar surface area (TPSA) is 80.8 Å². The molecule has 0 amide bonds. The zero-order valence-corrected chi connectivity index (χ0v) is 15.7. The molecule has 28 heavy (non-hydrogen) atoms. The molecular formula is C18H16F3NO5S. The zero-order valence-electron chi connectivity index (χ0n) is 14.9. The van der Waals surface area contributed by atoms with Crippen LogP contribution in [0, 0.1) is 0 Å². The van der Waals surface area contributed by atoms with Crippen molar-refractivity contribution in [3.05, 3.63) is 65.2 Å². The van der Waals surface area contributed by atoms with Gasteiger partial charge in [0.15, 0.2) is 12.4 Å². The number of Topliss-reactive ketones (excluding diaryl/α,β-unsaturated/α-hetero) is 1. The molecule has 2 aromatic carbocycles. The molecule has 2 aromatic rings. The molecule has 10 heteroatoms. The average Bonchev–Trinajstić information content (AvgIpc) is 2.65. The van der Waals surface area contributed by atoms with E-state index < -0.39 is 40.1 Å². The van der Waals surface area contributed by atoms with Gasteiger partial charge in [-0.05, 0) is 36.4 Å². The van der Waals surface area contributed by atoms with Gasteiger partial charge in [0.25, 0.3) is 0 Å². The van der Waals surface area contributed by atoms with Crippen LogP contribution in [0.4, 0.5) is 13.2 Å². The van der Waals surface area contributed by atoms with Crippen molar-refractivity contribution in [1.82, 2.24) is 4.31 Å². The van der Waals surface area contributed by atoms with Gasteiger partial charge in [-0.25, -0.2) is 17.5 Å². The smallest absolute Gasteiger partial charge is 0.416 e. The number of ketones is 1. The maximum Gasteiger partial charge on any atom is 0.416 e. The van der Waals surface area contributed by atoms with Crippen LogP contribution in [0.5, 0.6) is 0 Å². The highest BCUT2D eigenvalue weighted by atomic mass is 32.2. The molecule has 0 aliphatic rings. The molecule has 0 N–H and O–H groups in total. The number of benzene rings is 2. The Balaban J connectivity index is 2.05. The number of sulfonamides is 1. The van der Waals surface area contributed by atoms with Gasteiger partial charge < -0.3 is 4.74 Å². The minimum atomic E-state index is -4.60. The summed E-state index contributed by atoms with van der Waals surface area (Å²) in [6, 6.07) is 8.62. The van der Waals surface area contributed by atoms with E-state index >= 15 is 0 Å². The molecule has 0 heterocycles. The van der Waals surface area contributed by atoms with Crippen LogP contribution in [0.1, 0.15) is 26.3 Å². The Bertz CT molecular complexity index is 983. The molecule has 0 aliphatic heterocycles. The molecule has 0 unspecified atom stereocenters. The number of hydrogen-bond donors (Lipinski definition) is 0. The molecule has 0 atom stereocenters. The minimum Gasteiger partial charge on any atom is -0.454 e. The maximum absolute atomic E-state index is 12.7. The van der Waals surface area contributed by atoms with E-state index in [1.54, 1.807) is 0 Å². The van der Waals surface area contributed by atoms with Gasteiger partial charge in [0, 0.05) is 19.7 Å². The SMILES string of the molecule is CN(C)S(=O)(=O)c1ccc(C(=O)OCC(=O)c2cccc(C(F)(F)F)c2)cc1. The number of nitrogens with zero attached hydrogens (tertiary/aromatic N) is 1. The Morgan fingerprint density at radius 1 is 1.00 bits per heavy atom. The van der Waals surface area contributed by atoms with Crippen LogP contribution in [0.2, 0.25) is 0 Å². The average molecular weight is 415 g/mol. The Kier molecular flexibility index (Phi) is 6.25. The first-order valence-electron chi connectivity index (χ1n) is 7.83. The lowest BCUT2D eigenvalue weighted by Crippen LogP contribution is -2.22. The van der Waals surface area contributed by atoms with Crippen LogP contribution < -0.4 is 0 Å². The highest BCUT2D eigenvalue weighted by molar-refractivity contribution is 7.89. The van der Waals surface area contributed by atoms with Crippen molar-refractivity contribution < 1.29 is 35.9 Å². The quantitative estimate of drug-likeness (QED) is 0.535. The summed E-state index contributed by atoms with van der Waals surface area (Å²) >= 11 is 0. The summed E-state index contributed by atoms with van der Waals surface area (Å²) < 4.78 is 67.8. The Morgan fingerprint density at radius 3 is 2.14 bits per heavy atom. The normalized spacial score (nSPS) is 12.1. The second-order valence-electron chi connectivity index (χ2n) is 5.89. The summed E-state index contributed by atoms with van der Waals surface area (Å²) in [5.41, 5.74) is -1.23. The maximum atomic E-state index is 12.7. The molecule has 2 rings (SSSR count). The molecule has 0 bridgehead atoms. The van der Waals surface area contributed by atoms with E-state index in [1.807, 2.05) is 0 Å². The number of rotatable bonds is 6. The first-order chi connectivity index (χ1) is 12.9. The van der Waals surface area contributed by atoms with Crippen molar-refractivity contribution in [3.8, 4) is 0 Å². The van der Waals surface area contributed by atoms with Crippen molar-refractivity contribution in [3.63, 3.8) is 0 Å². The van der Waals surface area contributed by atoms with Gasteiger partial charge in [-0.2, -0.15) is 13.2 Å². The molecule has 0 spiro atoms. The number of carbonyl (C=O) groups is 2. The largest absolute Gasteiger partial charge is 0.454 e. The number of halogens is 3. The van der Waals surface area contributed by atoms with Gasteiger partial charge in [0.05, 0.1) is 16.0 Å². The van der Waals surface area contributed by atoms with Crippen LogP contribution in [-0.4, -0.2) is 45.2 Å². The third-order valence-corrected chi connectivity index (χ3v) is 5.54. The third-order valence-electron chi connectivity index (χ3n) is 3.71. The zero-order chi connectivity index (χ0) is 21.1. The van der Waals surface area contributed by atoms with Crippen molar-refractivity contribution in [2.24, 2.45) is 0 Å². The van der Waals surface area contributed by atoms with Crippen LogP contribution in [0.3, 0.4) is 0 Å². The number of ether oxygens (including phenoxy) is 1. The predicted molar refractivity (Wildman–Crippen MR) is 93.4 cm³/mol. The van der Waals surface area contributed by atoms with Crippen molar-refractivity contribution in [2.75, 3.05) is 20.7 Å². The standard InChI is InChI=1S/C18H16F3NO5S/c1-22(2)28(25,26)15-8-6-12(7-9-15)17(24)27-11-16(23)13-4-3-5-14(10-13)18(19,20)21/h3-10H,11H2,1-2H3. The first-order valence-corrected chi connectivity index (χ1v) is 9.27.